The Morgan fingerprint density at radius 2 is 1.62 bits per heavy atom. The third-order valence-electron chi connectivity index (χ3n) is 6.75. The van der Waals surface area contributed by atoms with Gasteiger partial charge in [-0.3, -0.25) is 9.69 Å². The van der Waals surface area contributed by atoms with Crippen molar-refractivity contribution in [3.63, 3.8) is 0 Å². The minimum Gasteiger partial charge on any atom is -0.369 e. The van der Waals surface area contributed by atoms with Crippen LogP contribution in [0.15, 0.2) is 24.3 Å². The van der Waals surface area contributed by atoms with Gasteiger partial charge in [-0.1, -0.05) is 0 Å². The van der Waals surface area contributed by atoms with Gasteiger partial charge in [0, 0.05) is 57.0 Å². The fraction of sp³-hybridized carbons (Fsp3) is 0.667. The molecule has 3 unspecified atom stereocenters. The Bertz CT molecular complexity index is 657. The summed E-state index contributed by atoms with van der Waals surface area (Å²) in [7, 11) is 1.99. The molecule has 29 heavy (non-hydrogen) atoms. The van der Waals surface area contributed by atoms with Gasteiger partial charge in [-0.25, -0.2) is 4.39 Å². The van der Waals surface area contributed by atoms with Crippen LogP contribution < -0.4 is 10.2 Å². The molecule has 3 saturated heterocycles. The van der Waals surface area contributed by atoms with Crippen LogP contribution >= 0.6 is 24.8 Å². The van der Waals surface area contributed by atoms with Crippen LogP contribution in [0.3, 0.4) is 0 Å². The van der Waals surface area contributed by atoms with E-state index in [1.807, 2.05) is 31.0 Å². The van der Waals surface area contributed by atoms with Crippen LogP contribution in [0.4, 0.5) is 10.1 Å². The smallest absolute Gasteiger partial charge is 0.239 e. The van der Waals surface area contributed by atoms with Gasteiger partial charge in [-0.2, -0.15) is 0 Å². The molecule has 1 aromatic carbocycles. The Morgan fingerprint density at radius 1 is 1.07 bits per heavy atom. The van der Waals surface area contributed by atoms with E-state index in [0.29, 0.717) is 18.1 Å². The molecule has 3 aliphatic heterocycles. The number of carbonyl (C=O) groups is 1. The highest BCUT2D eigenvalue weighted by atomic mass is 35.5. The monoisotopic (exact) mass is 446 g/mol. The Hall–Kier alpha value is -1.08. The number of piperazine rings is 1. The van der Waals surface area contributed by atoms with Crippen LogP contribution in [0, 0.1) is 5.82 Å². The number of halogens is 3. The summed E-state index contributed by atoms with van der Waals surface area (Å²) < 4.78 is 13.1. The second-order valence-electron chi connectivity index (χ2n) is 8.39. The van der Waals surface area contributed by atoms with E-state index < -0.39 is 0 Å². The number of nitrogens with zero attached hydrogens (tertiary/aromatic N) is 3. The number of hydrogen-bond acceptors (Lipinski definition) is 4. The van der Waals surface area contributed by atoms with E-state index in [2.05, 4.69) is 15.1 Å². The summed E-state index contributed by atoms with van der Waals surface area (Å²) in [5, 5.41) is 3.65. The van der Waals surface area contributed by atoms with Crippen molar-refractivity contribution < 1.29 is 9.18 Å². The summed E-state index contributed by atoms with van der Waals surface area (Å²) >= 11 is 0. The number of hydrogen-bond donors (Lipinski definition) is 1. The first-order chi connectivity index (χ1) is 13.0. The first kappa shape index (κ1) is 24.2. The third kappa shape index (κ3) is 5.35. The van der Waals surface area contributed by atoms with Crippen molar-refractivity contribution in [3.8, 4) is 0 Å². The van der Waals surface area contributed by atoms with Crippen LogP contribution in [0.5, 0.6) is 0 Å². The molecule has 164 valence electrons. The van der Waals surface area contributed by atoms with Crippen LogP contribution in [0.1, 0.15) is 32.6 Å². The molecule has 3 heterocycles. The number of anilines is 1. The number of piperidine rings is 1. The lowest BCUT2D eigenvalue weighted by Crippen LogP contribution is -2.57. The molecule has 0 radical (unpaired) electrons. The minimum atomic E-state index is -0.203. The molecule has 1 amide bonds. The summed E-state index contributed by atoms with van der Waals surface area (Å²) in [6, 6.07) is 8.16. The second-order valence-corrected chi connectivity index (χ2v) is 8.39. The van der Waals surface area contributed by atoms with E-state index in [-0.39, 0.29) is 42.6 Å². The summed E-state index contributed by atoms with van der Waals surface area (Å²) in [6.07, 6.45) is 4.68. The van der Waals surface area contributed by atoms with Crippen molar-refractivity contribution in [2.75, 3.05) is 38.1 Å². The number of carbonyl (C=O) groups excluding carboxylic acids is 1. The molecule has 1 N–H and O–H groups in total. The standard InChI is InChI=1S/C21H31FN4O.2ClH/c1-15(21(27)24(2)20-13-17-5-6-18(14-20)23-17)25-9-11-26(12-10-25)19-7-3-16(22)4-8-19;;/h3-4,7-8,15,17-18,20,23H,5-6,9-14H2,1-2H3;2*1H. The largest absolute Gasteiger partial charge is 0.369 e. The Labute approximate surface area is 185 Å². The minimum absolute atomic E-state index is 0. The molecule has 3 atom stereocenters. The van der Waals surface area contributed by atoms with Crippen LogP contribution in [-0.2, 0) is 4.79 Å². The number of nitrogens with one attached hydrogen (secondary N) is 1. The van der Waals surface area contributed by atoms with Crippen molar-refractivity contribution >= 4 is 36.4 Å². The molecule has 4 rings (SSSR count). The third-order valence-corrected chi connectivity index (χ3v) is 6.75. The van der Waals surface area contributed by atoms with Gasteiger partial charge in [0.2, 0.25) is 5.91 Å². The predicted molar refractivity (Wildman–Crippen MR) is 120 cm³/mol. The van der Waals surface area contributed by atoms with E-state index in [4.69, 9.17) is 0 Å². The van der Waals surface area contributed by atoms with E-state index in [0.717, 1.165) is 44.7 Å². The SMILES string of the molecule is CC(C(=O)N(C)C1CC2CCC(C1)N2)N1CCN(c2ccc(F)cc2)CC1.Cl.Cl. The molecular formula is C21H33Cl2FN4O. The average Bonchev–Trinajstić information content (AvgIpc) is 3.04. The zero-order valence-electron chi connectivity index (χ0n) is 17.2. The molecular weight excluding hydrogens is 414 g/mol. The quantitative estimate of drug-likeness (QED) is 0.771. The van der Waals surface area contributed by atoms with Gasteiger partial charge in [-0.15, -0.1) is 24.8 Å². The number of amides is 1. The maximum absolute atomic E-state index is 13.1. The first-order valence-electron chi connectivity index (χ1n) is 10.3. The molecule has 3 aliphatic rings. The number of likely N-dealkylation sites (N-methyl/N-ethyl adjacent to an activating group) is 1. The zero-order chi connectivity index (χ0) is 19.0. The van der Waals surface area contributed by atoms with Gasteiger partial charge in [0.15, 0.2) is 0 Å². The molecule has 0 aliphatic carbocycles. The molecule has 2 bridgehead atoms. The van der Waals surface area contributed by atoms with Crippen molar-refractivity contribution in [2.45, 2.75) is 56.8 Å². The normalized spacial score (nSPS) is 27.6. The number of rotatable bonds is 4. The molecule has 5 nitrogen and oxygen atoms in total. The van der Waals surface area contributed by atoms with Crippen LogP contribution in [-0.4, -0.2) is 73.1 Å². The van der Waals surface area contributed by atoms with Gasteiger partial charge in [0.25, 0.3) is 0 Å². The fourth-order valence-corrected chi connectivity index (χ4v) is 4.99. The maximum Gasteiger partial charge on any atom is 0.239 e. The highest BCUT2D eigenvalue weighted by Crippen LogP contribution is 2.29. The number of benzene rings is 1. The lowest BCUT2D eigenvalue weighted by molar-refractivity contribution is -0.138. The predicted octanol–water partition coefficient (Wildman–Crippen LogP) is 2.92. The highest BCUT2D eigenvalue weighted by Gasteiger charge is 2.38. The molecule has 0 spiro atoms. The van der Waals surface area contributed by atoms with Gasteiger partial charge in [0.05, 0.1) is 6.04 Å². The fourth-order valence-electron chi connectivity index (χ4n) is 4.99. The Balaban J connectivity index is 0.00000150. The van der Waals surface area contributed by atoms with E-state index in [1.54, 1.807) is 0 Å². The lowest BCUT2D eigenvalue weighted by Gasteiger charge is -2.41. The lowest BCUT2D eigenvalue weighted by atomic mass is 9.98. The highest BCUT2D eigenvalue weighted by molar-refractivity contribution is 5.85. The summed E-state index contributed by atoms with van der Waals surface area (Å²) in [5.74, 6) is 0.0440. The van der Waals surface area contributed by atoms with Crippen molar-refractivity contribution in [3.05, 3.63) is 30.1 Å². The molecule has 0 saturated carbocycles. The maximum atomic E-state index is 13.1. The van der Waals surface area contributed by atoms with E-state index >= 15 is 0 Å². The van der Waals surface area contributed by atoms with Crippen molar-refractivity contribution in [1.29, 1.82) is 0 Å². The summed E-state index contributed by atoms with van der Waals surface area (Å²) in [4.78, 5) is 19.6. The number of fused-ring (bicyclic) bond motifs is 2. The first-order valence-corrected chi connectivity index (χ1v) is 10.3. The Kier molecular flexibility index (Phi) is 8.59. The van der Waals surface area contributed by atoms with E-state index in [1.165, 1.54) is 25.0 Å². The van der Waals surface area contributed by atoms with E-state index in [9.17, 15) is 9.18 Å². The van der Waals surface area contributed by atoms with Crippen LogP contribution in [0.2, 0.25) is 0 Å². The van der Waals surface area contributed by atoms with Crippen molar-refractivity contribution in [2.24, 2.45) is 0 Å². The van der Waals surface area contributed by atoms with Gasteiger partial charge >= 0.3 is 0 Å². The van der Waals surface area contributed by atoms with Gasteiger partial charge in [-0.05, 0) is 56.9 Å². The molecule has 8 heteroatoms. The topological polar surface area (TPSA) is 38.8 Å². The molecule has 1 aromatic rings. The summed E-state index contributed by atoms with van der Waals surface area (Å²) in [5.41, 5.74) is 1.05. The summed E-state index contributed by atoms with van der Waals surface area (Å²) in [6.45, 7) is 5.49. The second kappa shape index (κ2) is 10.3. The Morgan fingerprint density at radius 3 is 2.17 bits per heavy atom. The zero-order valence-corrected chi connectivity index (χ0v) is 18.9. The van der Waals surface area contributed by atoms with Gasteiger partial charge in [0.1, 0.15) is 5.82 Å². The van der Waals surface area contributed by atoms with Crippen molar-refractivity contribution in [1.82, 2.24) is 15.1 Å². The average molecular weight is 447 g/mol. The molecule has 0 aromatic heterocycles. The van der Waals surface area contributed by atoms with Crippen LogP contribution in [0.25, 0.3) is 0 Å². The molecule has 3 fully saturated rings. The van der Waals surface area contributed by atoms with Gasteiger partial charge < -0.3 is 15.1 Å².